The molecule has 1 aliphatic rings. The molecule has 2 aromatic rings. The van der Waals surface area contributed by atoms with Gasteiger partial charge in [-0.15, -0.1) is 0 Å². The minimum Gasteiger partial charge on any atom is -0.326 e. The molecule has 0 radical (unpaired) electrons. The summed E-state index contributed by atoms with van der Waals surface area (Å²) in [5.74, 6) is -0.596. The van der Waals surface area contributed by atoms with Gasteiger partial charge in [-0.3, -0.25) is 9.10 Å². The van der Waals surface area contributed by atoms with E-state index in [1.807, 2.05) is 6.92 Å². The van der Waals surface area contributed by atoms with E-state index >= 15 is 0 Å². The number of fused-ring (bicyclic) bond motifs is 1. The molecule has 1 amide bonds. The molecule has 0 spiro atoms. The largest absolute Gasteiger partial charge is 0.326 e. The molecule has 1 N–H and O–H groups in total. The summed E-state index contributed by atoms with van der Waals surface area (Å²) in [6.07, 6.45) is 1.27. The average Bonchev–Trinajstić information content (AvgIpc) is 2.54. The Hall–Kier alpha value is -2.41. The molecule has 0 aromatic heterocycles. The maximum atomic E-state index is 13.5. The van der Waals surface area contributed by atoms with E-state index in [4.69, 9.17) is 0 Å². The number of carbonyl (C=O) groups is 1. The van der Waals surface area contributed by atoms with Crippen LogP contribution in [0.3, 0.4) is 0 Å². The van der Waals surface area contributed by atoms with Crippen LogP contribution in [0.5, 0.6) is 0 Å². The molecule has 0 fully saturated rings. The van der Waals surface area contributed by atoms with Crippen molar-refractivity contribution in [1.29, 1.82) is 0 Å². The molecule has 1 atom stereocenters. The van der Waals surface area contributed by atoms with Gasteiger partial charge in [0, 0.05) is 18.7 Å². The van der Waals surface area contributed by atoms with Crippen molar-refractivity contribution >= 4 is 27.3 Å². The summed E-state index contributed by atoms with van der Waals surface area (Å²) < 4.78 is 41.1. The van der Waals surface area contributed by atoms with Crippen molar-refractivity contribution in [3.63, 3.8) is 0 Å². The van der Waals surface area contributed by atoms with Crippen LogP contribution >= 0.6 is 0 Å². The fourth-order valence-corrected chi connectivity index (χ4v) is 4.81. The zero-order valence-corrected chi connectivity index (χ0v) is 14.8. The van der Waals surface area contributed by atoms with Crippen molar-refractivity contribution in [3.8, 4) is 0 Å². The van der Waals surface area contributed by atoms with E-state index in [2.05, 4.69) is 5.32 Å². The Morgan fingerprint density at radius 3 is 2.52 bits per heavy atom. The number of hydrogen-bond acceptors (Lipinski definition) is 3. The van der Waals surface area contributed by atoms with Gasteiger partial charge < -0.3 is 5.32 Å². The van der Waals surface area contributed by atoms with Gasteiger partial charge >= 0.3 is 0 Å². The summed E-state index contributed by atoms with van der Waals surface area (Å²) in [6.45, 7) is 3.23. The Bertz CT molecular complexity index is 910. The number of benzene rings is 2. The average molecular weight is 362 g/mol. The molecular formula is C18H19FN2O3S. The van der Waals surface area contributed by atoms with Crippen molar-refractivity contribution in [3.05, 3.63) is 53.8 Å². The molecule has 0 saturated carbocycles. The van der Waals surface area contributed by atoms with E-state index < -0.39 is 10.0 Å². The third kappa shape index (κ3) is 3.37. The highest BCUT2D eigenvalue weighted by Gasteiger charge is 2.33. The van der Waals surface area contributed by atoms with Gasteiger partial charge in [0.05, 0.1) is 10.6 Å². The monoisotopic (exact) mass is 362 g/mol. The van der Waals surface area contributed by atoms with E-state index in [9.17, 15) is 17.6 Å². The van der Waals surface area contributed by atoms with E-state index in [0.717, 1.165) is 0 Å². The maximum absolute atomic E-state index is 13.5. The summed E-state index contributed by atoms with van der Waals surface area (Å²) >= 11 is 0. The van der Waals surface area contributed by atoms with Gasteiger partial charge in [0.1, 0.15) is 5.82 Å². The number of rotatable bonds is 3. The number of anilines is 2. The molecule has 0 unspecified atom stereocenters. The van der Waals surface area contributed by atoms with Crippen molar-refractivity contribution in [2.24, 2.45) is 0 Å². The first-order valence-electron chi connectivity index (χ1n) is 7.99. The molecule has 3 rings (SSSR count). The number of nitrogens with zero attached hydrogens (tertiary/aromatic N) is 1. The Labute approximate surface area is 146 Å². The topological polar surface area (TPSA) is 66.5 Å². The first-order chi connectivity index (χ1) is 11.8. The second kappa shape index (κ2) is 6.48. The van der Waals surface area contributed by atoms with E-state index in [-0.39, 0.29) is 22.7 Å². The van der Waals surface area contributed by atoms with Crippen LogP contribution in [0.2, 0.25) is 0 Å². The van der Waals surface area contributed by atoms with Gasteiger partial charge in [-0.05, 0) is 67.8 Å². The van der Waals surface area contributed by atoms with Gasteiger partial charge in [-0.25, -0.2) is 12.8 Å². The van der Waals surface area contributed by atoms with Crippen LogP contribution in [0.25, 0.3) is 0 Å². The van der Waals surface area contributed by atoms with Gasteiger partial charge in [-0.2, -0.15) is 0 Å². The highest BCUT2D eigenvalue weighted by molar-refractivity contribution is 7.92. The summed E-state index contributed by atoms with van der Waals surface area (Å²) in [4.78, 5) is 11.2. The van der Waals surface area contributed by atoms with Crippen LogP contribution in [0.1, 0.15) is 25.8 Å². The lowest BCUT2D eigenvalue weighted by atomic mass is 9.99. The van der Waals surface area contributed by atoms with E-state index in [0.29, 0.717) is 29.8 Å². The van der Waals surface area contributed by atoms with Gasteiger partial charge in [0.25, 0.3) is 10.0 Å². The van der Waals surface area contributed by atoms with Gasteiger partial charge in [0.15, 0.2) is 0 Å². The lowest BCUT2D eigenvalue weighted by Gasteiger charge is -2.36. The quantitative estimate of drug-likeness (QED) is 0.911. The molecule has 0 saturated heterocycles. The normalized spacial score (nSPS) is 17.1. The fraction of sp³-hybridized carbons (Fsp3) is 0.278. The molecule has 1 aliphatic heterocycles. The molecule has 2 aromatic carbocycles. The van der Waals surface area contributed by atoms with Gasteiger partial charge in [-0.1, -0.05) is 0 Å². The summed E-state index contributed by atoms with van der Waals surface area (Å²) in [7, 11) is -3.78. The molecule has 132 valence electrons. The number of nitrogens with one attached hydrogen (secondary N) is 1. The number of halogens is 1. The van der Waals surface area contributed by atoms with Crippen LogP contribution in [0.4, 0.5) is 15.8 Å². The van der Waals surface area contributed by atoms with Crippen molar-refractivity contribution in [2.45, 2.75) is 37.6 Å². The zero-order chi connectivity index (χ0) is 18.2. The Morgan fingerprint density at radius 1 is 1.20 bits per heavy atom. The molecular weight excluding hydrogens is 343 g/mol. The van der Waals surface area contributed by atoms with E-state index in [1.54, 1.807) is 12.1 Å². The highest BCUT2D eigenvalue weighted by atomic mass is 32.2. The van der Waals surface area contributed by atoms with E-state index in [1.165, 1.54) is 41.6 Å². The first kappa shape index (κ1) is 17.4. The predicted octanol–water partition coefficient (Wildman–Crippen LogP) is 3.31. The third-order valence-corrected chi connectivity index (χ3v) is 6.18. The Balaban J connectivity index is 2.01. The standard InChI is InChI=1S/C18H19FN2O3S/c1-12-3-4-14-11-15(19)5-10-18(14)21(12)25(23,24)17-8-6-16(7-9-17)20-13(2)22/h5-12H,3-4H2,1-2H3,(H,20,22)/t12-/m0/s1. The highest BCUT2D eigenvalue weighted by Crippen LogP contribution is 2.35. The molecule has 0 bridgehead atoms. The second-order valence-electron chi connectivity index (χ2n) is 6.17. The van der Waals surface area contributed by atoms with Crippen LogP contribution in [0, 0.1) is 5.82 Å². The maximum Gasteiger partial charge on any atom is 0.264 e. The first-order valence-corrected chi connectivity index (χ1v) is 9.43. The van der Waals surface area contributed by atoms with Gasteiger partial charge in [0.2, 0.25) is 5.91 Å². The Kier molecular flexibility index (Phi) is 4.51. The minimum atomic E-state index is -3.78. The zero-order valence-electron chi connectivity index (χ0n) is 14.0. The molecule has 7 heteroatoms. The smallest absolute Gasteiger partial charge is 0.264 e. The number of sulfonamides is 1. The number of carbonyl (C=O) groups excluding carboxylic acids is 1. The SMILES string of the molecule is CC(=O)Nc1ccc(S(=O)(=O)N2c3ccc(F)cc3CC[C@@H]2C)cc1. The summed E-state index contributed by atoms with van der Waals surface area (Å²) in [5, 5.41) is 2.60. The second-order valence-corrected chi connectivity index (χ2v) is 7.98. The predicted molar refractivity (Wildman–Crippen MR) is 94.6 cm³/mol. The minimum absolute atomic E-state index is 0.130. The molecule has 5 nitrogen and oxygen atoms in total. The van der Waals surface area contributed by atoms with Crippen LogP contribution in [0.15, 0.2) is 47.4 Å². The van der Waals surface area contributed by atoms with Crippen molar-refractivity contribution < 1.29 is 17.6 Å². The number of aryl methyl sites for hydroxylation is 1. The van der Waals surface area contributed by atoms with Crippen LogP contribution in [-0.4, -0.2) is 20.4 Å². The summed E-state index contributed by atoms with van der Waals surface area (Å²) in [6, 6.07) is 9.99. The van der Waals surface area contributed by atoms with Crippen LogP contribution in [-0.2, 0) is 21.2 Å². The van der Waals surface area contributed by atoms with Crippen LogP contribution < -0.4 is 9.62 Å². The lowest BCUT2D eigenvalue weighted by molar-refractivity contribution is -0.114. The van der Waals surface area contributed by atoms with Crippen molar-refractivity contribution in [1.82, 2.24) is 0 Å². The van der Waals surface area contributed by atoms with Crippen molar-refractivity contribution in [2.75, 3.05) is 9.62 Å². The lowest BCUT2D eigenvalue weighted by Crippen LogP contribution is -2.42. The molecule has 1 heterocycles. The fourth-order valence-electron chi connectivity index (χ4n) is 3.08. The molecule has 0 aliphatic carbocycles. The number of hydrogen-bond donors (Lipinski definition) is 1. The number of amides is 1. The third-order valence-electron chi connectivity index (χ3n) is 4.24. The molecule has 25 heavy (non-hydrogen) atoms. The Morgan fingerprint density at radius 2 is 1.88 bits per heavy atom. The summed E-state index contributed by atoms with van der Waals surface area (Å²) in [5.41, 5.74) is 1.74.